The average Bonchev–Trinajstić information content (AvgIpc) is 2.98. The number of hydrogen-bond acceptors (Lipinski definition) is 9. The van der Waals surface area contributed by atoms with Crippen LogP contribution in [0.5, 0.6) is 0 Å². The summed E-state index contributed by atoms with van der Waals surface area (Å²) in [5.74, 6) is -0.940. The van der Waals surface area contributed by atoms with Gasteiger partial charge in [0.1, 0.15) is 19.0 Å². The van der Waals surface area contributed by atoms with Crippen LogP contribution in [0.4, 0.5) is 4.39 Å². The lowest BCUT2D eigenvalue weighted by Gasteiger charge is -2.23. The first-order valence-corrected chi connectivity index (χ1v) is 14.8. The fourth-order valence-corrected chi connectivity index (χ4v) is 5.02. The van der Waals surface area contributed by atoms with Crippen LogP contribution < -0.4 is 0 Å². The number of carbonyl (C=O) groups excluding carboxylic acids is 1. The highest BCUT2D eigenvalue weighted by molar-refractivity contribution is 5.80. The molecule has 0 bridgehead atoms. The van der Waals surface area contributed by atoms with Crippen molar-refractivity contribution in [3.8, 4) is 11.1 Å². The summed E-state index contributed by atoms with van der Waals surface area (Å²) in [5.41, 5.74) is 5.93. The van der Waals surface area contributed by atoms with Gasteiger partial charge in [0.05, 0.1) is 30.9 Å². The third-order valence-corrected chi connectivity index (χ3v) is 7.15. The van der Waals surface area contributed by atoms with Gasteiger partial charge in [-0.05, 0) is 46.2 Å². The van der Waals surface area contributed by atoms with Gasteiger partial charge in [0.15, 0.2) is 0 Å². The van der Waals surface area contributed by atoms with E-state index in [2.05, 4.69) is 18.7 Å². The summed E-state index contributed by atoms with van der Waals surface area (Å²) in [5, 5.41) is 31.0. The van der Waals surface area contributed by atoms with Crippen LogP contribution in [0.15, 0.2) is 54.6 Å². The molecule has 0 saturated heterocycles. The highest BCUT2D eigenvalue weighted by Crippen LogP contribution is 2.38. The third kappa shape index (κ3) is 10.2. The summed E-state index contributed by atoms with van der Waals surface area (Å²) in [4.78, 5) is 32.4. The Morgan fingerprint density at radius 1 is 0.978 bits per heavy atom. The highest BCUT2D eigenvalue weighted by Gasteiger charge is 2.23. The second-order valence-corrected chi connectivity index (χ2v) is 11.3. The number of nitrogens with zero attached hydrogens (tertiary/aromatic N) is 2. The molecule has 2 N–H and O–H groups in total. The fraction of sp³-hybridized carbons (Fsp3) is 0.412. The number of esters is 1. The monoisotopic (exact) mass is 624 g/mol. The van der Waals surface area contributed by atoms with Crippen molar-refractivity contribution in [2.45, 2.75) is 84.4 Å². The van der Waals surface area contributed by atoms with Gasteiger partial charge in [-0.25, -0.2) is 4.39 Å². The summed E-state index contributed by atoms with van der Waals surface area (Å²) < 4.78 is 24.7. The summed E-state index contributed by atoms with van der Waals surface area (Å²) >= 11 is 0. The van der Waals surface area contributed by atoms with Crippen LogP contribution in [-0.2, 0) is 38.9 Å². The average molecular weight is 625 g/mol. The lowest BCUT2D eigenvalue weighted by atomic mass is 9.87. The van der Waals surface area contributed by atoms with Gasteiger partial charge >= 0.3 is 5.97 Å². The molecule has 0 amide bonds. The molecule has 3 aromatic rings. The number of halogens is 1. The summed E-state index contributed by atoms with van der Waals surface area (Å²) in [6.45, 7) is 7.99. The molecule has 1 aromatic heterocycles. The van der Waals surface area contributed by atoms with Crippen molar-refractivity contribution >= 4 is 12.0 Å². The molecule has 2 atom stereocenters. The minimum Gasteiger partial charge on any atom is -0.461 e. The zero-order chi connectivity index (χ0) is 33.1. The number of methoxy groups -OCH3 is 1. The minimum atomic E-state index is -1.20. The van der Waals surface area contributed by atoms with Crippen LogP contribution in [0.3, 0.4) is 0 Å². The quantitative estimate of drug-likeness (QED) is 0.107. The lowest BCUT2D eigenvalue weighted by Crippen LogP contribution is -2.21. The molecule has 0 fully saturated rings. The minimum absolute atomic E-state index is 0.0201. The molecule has 1 heterocycles. The number of aliphatic hydroxyl groups is 2. The van der Waals surface area contributed by atoms with Crippen LogP contribution >= 0.6 is 0 Å². The van der Waals surface area contributed by atoms with Gasteiger partial charge in [0, 0.05) is 30.4 Å². The van der Waals surface area contributed by atoms with Crippen molar-refractivity contribution in [2.75, 3.05) is 7.11 Å². The Morgan fingerprint density at radius 3 is 2.18 bits per heavy atom. The number of aliphatic hydroxyl groups excluding tert-OH is 2. The molecule has 0 aliphatic heterocycles. The highest BCUT2D eigenvalue weighted by atomic mass is 19.1. The molecule has 242 valence electrons. The maximum absolute atomic E-state index is 13.9. The standard InChI is InChI=1S/C34H41FN2O8/c1-21(2)33-29(32(23-10-12-26(35)13-11-23)30(20-43-5)34(36-33)22(3)4)15-14-27(38)16-28(39)17-31(40)44-18-24-8-6-7-9-25(24)19-45-37(41)42/h6-15,21-22,27-28,38-39H,16-20H2,1-5H3/b15-14+/t27-,28-/m1/s1. The molecule has 0 saturated carbocycles. The molecule has 0 radical (unpaired) electrons. The third-order valence-electron chi connectivity index (χ3n) is 7.15. The van der Waals surface area contributed by atoms with E-state index in [4.69, 9.17) is 14.5 Å². The smallest absolute Gasteiger partial charge is 0.308 e. The number of ether oxygens (including phenoxy) is 2. The molecule has 0 aliphatic carbocycles. The Bertz CT molecular complexity index is 1470. The molecule has 0 spiro atoms. The zero-order valence-corrected chi connectivity index (χ0v) is 26.2. The fourth-order valence-electron chi connectivity index (χ4n) is 5.02. The number of pyridine rings is 1. The predicted octanol–water partition coefficient (Wildman–Crippen LogP) is 6.25. The van der Waals surface area contributed by atoms with Gasteiger partial charge in [-0.2, -0.15) is 0 Å². The molecule has 2 aromatic carbocycles. The first-order chi connectivity index (χ1) is 21.4. The normalized spacial score (nSPS) is 12.9. The predicted molar refractivity (Wildman–Crippen MR) is 167 cm³/mol. The van der Waals surface area contributed by atoms with E-state index in [0.29, 0.717) is 11.1 Å². The van der Waals surface area contributed by atoms with Gasteiger partial charge < -0.3 is 24.5 Å². The van der Waals surface area contributed by atoms with Crippen molar-refractivity contribution in [3.05, 3.63) is 104 Å². The van der Waals surface area contributed by atoms with Crippen LogP contribution in [0, 0.1) is 15.9 Å². The van der Waals surface area contributed by atoms with Gasteiger partial charge in [-0.3, -0.25) is 9.78 Å². The van der Waals surface area contributed by atoms with Gasteiger partial charge in [0.25, 0.3) is 5.09 Å². The summed E-state index contributed by atoms with van der Waals surface area (Å²) in [6, 6.07) is 12.9. The van der Waals surface area contributed by atoms with E-state index in [-0.39, 0.29) is 50.3 Å². The van der Waals surface area contributed by atoms with Gasteiger partial charge in [0.2, 0.25) is 0 Å². The van der Waals surface area contributed by atoms with Crippen molar-refractivity contribution < 1.29 is 38.8 Å². The molecule has 3 rings (SSSR count). The molecule has 10 nitrogen and oxygen atoms in total. The number of hydrogen-bond donors (Lipinski definition) is 2. The van der Waals surface area contributed by atoms with E-state index in [1.165, 1.54) is 12.1 Å². The van der Waals surface area contributed by atoms with E-state index in [9.17, 15) is 29.5 Å². The number of aromatic nitrogens is 1. The van der Waals surface area contributed by atoms with Crippen LogP contribution in [0.1, 0.15) is 86.0 Å². The molecular formula is C34H41FN2O8. The number of rotatable bonds is 16. The van der Waals surface area contributed by atoms with E-state index >= 15 is 0 Å². The Kier molecular flexibility index (Phi) is 13.1. The molecule has 0 unspecified atom stereocenters. The van der Waals surface area contributed by atoms with E-state index < -0.39 is 23.3 Å². The van der Waals surface area contributed by atoms with Gasteiger partial charge in [-0.1, -0.05) is 76.2 Å². The second-order valence-electron chi connectivity index (χ2n) is 11.3. The number of carbonyl (C=O) groups is 1. The Hall–Kier alpha value is -4.19. The Morgan fingerprint density at radius 2 is 1.60 bits per heavy atom. The lowest BCUT2D eigenvalue weighted by molar-refractivity contribution is -0.763. The van der Waals surface area contributed by atoms with Crippen LogP contribution in [0.2, 0.25) is 0 Å². The van der Waals surface area contributed by atoms with Crippen molar-refractivity contribution in [1.82, 2.24) is 4.98 Å². The summed E-state index contributed by atoms with van der Waals surface area (Å²) in [6.07, 6.45) is 0.496. The summed E-state index contributed by atoms with van der Waals surface area (Å²) in [7, 11) is 1.60. The van der Waals surface area contributed by atoms with E-state index in [0.717, 1.165) is 33.6 Å². The van der Waals surface area contributed by atoms with Gasteiger partial charge in [-0.15, -0.1) is 10.1 Å². The second kappa shape index (κ2) is 16.8. The van der Waals surface area contributed by atoms with Crippen LogP contribution in [-0.4, -0.2) is 45.6 Å². The Balaban J connectivity index is 1.79. The van der Waals surface area contributed by atoms with Crippen molar-refractivity contribution in [3.63, 3.8) is 0 Å². The SMILES string of the molecule is COCc1c(C(C)C)nc(C(C)C)c(/C=C/[C@@H](O)C[C@@H](O)CC(=O)OCc2ccccc2CO[N+](=O)[O-])c1-c1ccc(F)cc1. The van der Waals surface area contributed by atoms with E-state index in [1.807, 2.05) is 13.8 Å². The molecular weight excluding hydrogens is 583 g/mol. The van der Waals surface area contributed by atoms with Crippen molar-refractivity contribution in [2.24, 2.45) is 0 Å². The maximum Gasteiger partial charge on any atom is 0.308 e. The zero-order valence-electron chi connectivity index (χ0n) is 26.2. The molecule has 0 aliphatic rings. The largest absolute Gasteiger partial charge is 0.461 e. The topological polar surface area (TPSA) is 141 Å². The van der Waals surface area contributed by atoms with E-state index in [1.54, 1.807) is 55.7 Å². The maximum atomic E-state index is 13.9. The van der Waals surface area contributed by atoms with Crippen LogP contribution in [0.25, 0.3) is 17.2 Å². The molecule has 45 heavy (non-hydrogen) atoms. The molecule has 11 heteroatoms. The first kappa shape index (κ1) is 35.3. The number of benzene rings is 2. The Labute approximate surface area is 262 Å². The van der Waals surface area contributed by atoms with Crippen molar-refractivity contribution in [1.29, 1.82) is 0 Å². The first-order valence-electron chi connectivity index (χ1n) is 14.8.